The van der Waals surface area contributed by atoms with Gasteiger partial charge in [0.1, 0.15) is 16.0 Å². The van der Waals surface area contributed by atoms with Crippen molar-refractivity contribution in [1.82, 2.24) is 15.0 Å². The van der Waals surface area contributed by atoms with Crippen LogP contribution >= 0.6 is 23.2 Å². The van der Waals surface area contributed by atoms with E-state index < -0.39 is 12.8 Å². The Bertz CT molecular complexity index is 884. The van der Waals surface area contributed by atoms with E-state index in [1.807, 2.05) is 0 Å². The predicted molar refractivity (Wildman–Crippen MR) is 94.0 cm³/mol. The summed E-state index contributed by atoms with van der Waals surface area (Å²) in [4.78, 5) is 12.4. The first-order valence-electron chi connectivity index (χ1n) is 7.38. The van der Waals surface area contributed by atoms with Gasteiger partial charge in [-0.25, -0.2) is 9.97 Å². The Hall–Kier alpha value is -2.38. The molecule has 0 spiro atoms. The van der Waals surface area contributed by atoms with Gasteiger partial charge in [-0.05, 0) is 29.8 Å². The third-order valence-corrected chi connectivity index (χ3v) is 3.82. The highest BCUT2D eigenvalue weighted by Crippen LogP contribution is 2.30. The number of para-hydroxylation sites is 1. The minimum atomic E-state index is -4.54. The van der Waals surface area contributed by atoms with E-state index in [-0.39, 0.29) is 27.5 Å². The first-order valence-corrected chi connectivity index (χ1v) is 8.13. The van der Waals surface area contributed by atoms with Crippen molar-refractivity contribution in [3.05, 3.63) is 70.6 Å². The number of nitrogens with zero attached hydrogens (tertiary/aromatic N) is 4. The topological polar surface area (TPSA) is 41.9 Å². The molecule has 0 radical (unpaired) electrons. The summed E-state index contributed by atoms with van der Waals surface area (Å²) in [5.74, 6) is 0.141. The minimum absolute atomic E-state index is 0.0420. The molecule has 3 rings (SSSR count). The van der Waals surface area contributed by atoms with Crippen LogP contribution in [0.4, 0.5) is 18.9 Å². The van der Waals surface area contributed by atoms with Crippen LogP contribution in [0.3, 0.4) is 0 Å². The monoisotopic (exact) mass is 398 g/mol. The molecular weight excluding hydrogens is 388 g/mol. The van der Waals surface area contributed by atoms with E-state index in [9.17, 15) is 13.2 Å². The van der Waals surface area contributed by atoms with Crippen LogP contribution in [0.5, 0.6) is 0 Å². The number of halogens is 5. The molecule has 2 aromatic heterocycles. The van der Waals surface area contributed by atoms with Crippen molar-refractivity contribution in [2.45, 2.75) is 12.8 Å². The van der Waals surface area contributed by atoms with E-state index in [0.717, 1.165) is 0 Å². The van der Waals surface area contributed by atoms with E-state index in [1.165, 1.54) is 36.5 Å². The molecular formula is C17H11Cl2F3N4. The molecule has 0 saturated carbocycles. The first kappa shape index (κ1) is 18.4. The summed E-state index contributed by atoms with van der Waals surface area (Å²) >= 11 is 11.7. The Morgan fingerprint density at radius 2 is 1.58 bits per heavy atom. The van der Waals surface area contributed by atoms with E-state index in [4.69, 9.17) is 23.2 Å². The summed E-state index contributed by atoms with van der Waals surface area (Å²) in [6.45, 7) is -0.392. The standard InChI is InChI=1S/C17H11Cl2F3N4/c18-14-9-15(19)25-16(24-14)13-8-11(6-7-23-13)10-26(17(20,21)22)12-4-2-1-3-5-12/h1-9H,10H2. The van der Waals surface area contributed by atoms with E-state index in [1.54, 1.807) is 18.2 Å². The molecule has 26 heavy (non-hydrogen) atoms. The summed E-state index contributed by atoms with van der Waals surface area (Å²) in [6.07, 6.45) is -3.15. The Morgan fingerprint density at radius 3 is 2.19 bits per heavy atom. The van der Waals surface area contributed by atoms with Crippen molar-refractivity contribution < 1.29 is 13.2 Å². The van der Waals surface area contributed by atoms with Gasteiger partial charge in [0.05, 0.1) is 6.54 Å². The lowest BCUT2D eigenvalue weighted by Gasteiger charge is -2.27. The normalized spacial score (nSPS) is 11.4. The number of hydrogen-bond donors (Lipinski definition) is 0. The highest BCUT2D eigenvalue weighted by Gasteiger charge is 2.37. The Kier molecular flexibility index (Phi) is 5.29. The number of anilines is 1. The molecule has 1 aromatic carbocycles. The highest BCUT2D eigenvalue weighted by atomic mass is 35.5. The number of benzene rings is 1. The molecule has 0 fully saturated rings. The van der Waals surface area contributed by atoms with Crippen molar-refractivity contribution in [1.29, 1.82) is 0 Å². The van der Waals surface area contributed by atoms with Crippen molar-refractivity contribution in [2.75, 3.05) is 4.90 Å². The van der Waals surface area contributed by atoms with Gasteiger partial charge in [-0.2, -0.15) is 13.2 Å². The predicted octanol–water partition coefficient (Wildman–Crippen LogP) is 5.37. The fraction of sp³-hybridized carbons (Fsp3) is 0.118. The average molecular weight is 399 g/mol. The Morgan fingerprint density at radius 1 is 0.923 bits per heavy atom. The number of pyridine rings is 1. The molecule has 9 heteroatoms. The van der Waals surface area contributed by atoms with Gasteiger partial charge in [0.2, 0.25) is 0 Å². The molecule has 0 aliphatic rings. The molecule has 0 atom stereocenters. The fourth-order valence-corrected chi connectivity index (χ4v) is 2.74. The smallest absolute Gasteiger partial charge is 0.280 e. The second-order valence-electron chi connectivity index (χ2n) is 5.28. The minimum Gasteiger partial charge on any atom is -0.280 e. The second-order valence-corrected chi connectivity index (χ2v) is 6.05. The van der Waals surface area contributed by atoms with Crippen molar-refractivity contribution in [2.24, 2.45) is 0 Å². The maximum absolute atomic E-state index is 13.5. The average Bonchev–Trinajstić information content (AvgIpc) is 2.59. The lowest BCUT2D eigenvalue weighted by atomic mass is 10.2. The van der Waals surface area contributed by atoms with Crippen LogP contribution in [0.2, 0.25) is 10.3 Å². The molecule has 134 valence electrons. The van der Waals surface area contributed by atoms with Gasteiger partial charge in [0.15, 0.2) is 5.82 Å². The van der Waals surface area contributed by atoms with Gasteiger partial charge in [-0.15, -0.1) is 0 Å². The second kappa shape index (κ2) is 7.47. The van der Waals surface area contributed by atoms with Crippen LogP contribution in [-0.2, 0) is 6.54 Å². The molecule has 0 amide bonds. The van der Waals surface area contributed by atoms with Gasteiger partial charge in [-0.3, -0.25) is 9.88 Å². The lowest BCUT2D eigenvalue weighted by molar-refractivity contribution is -0.130. The van der Waals surface area contributed by atoms with Gasteiger partial charge in [0.25, 0.3) is 0 Å². The van der Waals surface area contributed by atoms with Gasteiger partial charge in [-0.1, -0.05) is 41.4 Å². The van der Waals surface area contributed by atoms with Gasteiger partial charge < -0.3 is 0 Å². The maximum Gasteiger partial charge on any atom is 0.485 e. The Balaban J connectivity index is 1.94. The van der Waals surface area contributed by atoms with Crippen molar-refractivity contribution in [3.8, 4) is 11.5 Å². The molecule has 0 unspecified atom stereocenters. The van der Waals surface area contributed by atoms with Crippen LogP contribution in [0, 0.1) is 0 Å². The molecule has 0 aliphatic heterocycles. The van der Waals surface area contributed by atoms with E-state index >= 15 is 0 Å². The fourth-order valence-electron chi connectivity index (χ4n) is 2.32. The highest BCUT2D eigenvalue weighted by molar-refractivity contribution is 6.33. The maximum atomic E-state index is 13.5. The van der Waals surface area contributed by atoms with E-state index in [0.29, 0.717) is 10.5 Å². The number of aromatic nitrogens is 3. The molecule has 0 aliphatic carbocycles. The van der Waals surface area contributed by atoms with Crippen molar-refractivity contribution in [3.63, 3.8) is 0 Å². The number of rotatable bonds is 4. The van der Waals surface area contributed by atoms with Crippen LogP contribution < -0.4 is 4.90 Å². The van der Waals surface area contributed by atoms with Gasteiger partial charge >= 0.3 is 6.30 Å². The molecule has 2 heterocycles. The summed E-state index contributed by atoms with van der Waals surface area (Å²) in [6, 6.07) is 11.9. The number of alkyl halides is 3. The summed E-state index contributed by atoms with van der Waals surface area (Å²) in [5, 5.41) is 0.238. The van der Waals surface area contributed by atoms with Crippen LogP contribution in [-0.4, -0.2) is 21.3 Å². The first-order chi connectivity index (χ1) is 12.3. The molecule has 3 aromatic rings. The number of hydrogen-bond acceptors (Lipinski definition) is 4. The SMILES string of the molecule is FC(F)(F)N(Cc1ccnc(-c2nc(Cl)cc(Cl)n2)c1)c1ccccc1. The van der Waals surface area contributed by atoms with Crippen LogP contribution in [0.1, 0.15) is 5.56 Å². The third kappa shape index (κ3) is 4.42. The largest absolute Gasteiger partial charge is 0.485 e. The molecule has 0 saturated heterocycles. The Labute approximate surface area is 157 Å². The zero-order valence-corrected chi connectivity index (χ0v) is 14.6. The van der Waals surface area contributed by atoms with Crippen molar-refractivity contribution >= 4 is 28.9 Å². The molecule has 0 bridgehead atoms. The third-order valence-electron chi connectivity index (χ3n) is 3.43. The van der Waals surface area contributed by atoms with Crippen LogP contribution in [0.25, 0.3) is 11.5 Å². The summed E-state index contributed by atoms with van der Waals surface area (Å²) in [7, 11) is 0. The van der Waals surface area contributed by atoms with Gasteiger partial charge in [0, 0.05) is 18.0 Å². The molecule has 0 N–H and O–H groups in total. The quantitative estimate of drug-likeness (QED) is 0.437. The lowest BCUT2D eigenvalue weighted by Crippen LogP contribution is -2.37. The zero-order chi connectivity index (χ0) is 18.7. The summed E-state index contributed by atoms with van der Waals surface area (Å²) in [5.41, 5.74) is 0.707. The van der Waals surface area contributed by atoms with E-state index in [2.05, 4.69) is 15.0 Å². The molecule has 4 nitrogen and oxygen atoms in total. The van der Waals surface area contributed by atoms with Crippen LogP contribution in [0.15, 0.2) is 54.7 Å². The summed E-state index contributed by atoms with van der Waals surface area (Å²) < 4.78 is 40.4. The zero-order valence-electron chi connectivity index (χ0n) is 13.1.